The number of ether oxygens (including phenoxy) is 1. The lowest BCUT2D eigenvalue weighted by Crippen LogP contribution is -2.21. The molecule has 25 heavy (non-hydrogen) atoms. The van der Waals surface area contributed by atoms with E-state index in [4.69, 9.17) is 27.9 Å². The number of nitrogens with one attached hydrogen (secondary N) is 1. The molecule has 0 atom stereocenters. The lowest BCUT2D eigenvalue weighted by Gasteiger charge is -2.09. The molecule has 0 aliphatic rings. The Kier molecular flexibility index (Phi) is 5.27. The van der Waals surface area contributed by atoms with Crippen LogP contribution in [0.5, 0.6) is 0 Å². The van der Waals surface area contributed by atoms with Gasteiger partial charge in [0, 0.05) is 4.70 Å². The quantitative estimate of drug-likeness (QED) is 0.610. The molecule has 0 bridgehead atoms. The molecule has 0 spiro atoms. The van der Waals surface area contributed by atoms with E-state index >= 15 is 0 Å². The number of thiophene rings is 1. The Morgan fingerprint density at radius 2 is 1.76 bits per heavy atom. The number of para-hydroxylation sites is 1. The van der Waals surface area contributed by atoms with E-state index in [2.05, 4.69) is 5.32 Å². The topological polar surface area (TPSA) is 55.4 Å². The second-order valence-electron chi connectivity index (χ2n) is 5.27. The highest BCUT2D eigenvalue weighted by molar-refractivity contribution is 7.21. The van der Waals surface area contributed by atoms with E-state index in [0.29, 0.717) is 20.6 Å². The first-order chi connectivity index (χ1) is 12.0. The second-order valence-corrected chi connectivity index (χ2v) is 7.14. The fourth-order valence-electron chi connectivity index (χ4n) is 2.36. The molecule has 4 nitrogen and oxygen atoms in total. The highest BCUT2D eigenvalue weighted by Crippen LogP contribution is 2.31. The molecule has 1 aromatic heterocycles. The van der Waals surface area contributed by atoms with Crippen molar-refractivity contribution in [2.24, 2.45) is 0 Å². The molecule has 3 rings (SSSR count). The Hall–Kier alpha value is -2.08. The number of hydrogen-bond acceptors (Lipinski definition) is 4. The minimum Gasteiger partial charge on any atom is -0.451 e. The summed E-state index contributed by atoms with van der Waals surface area (Å²) < 4.78 is 6.12. The van der Waals surface area contributed by atoms with Gasteiger partial charge in [-0.25, -0.2) is 4.79 Å². The average molecular weight is 394 g/mol. The number of fused-ring (bicyclic) bond motifs is 1. The number of benzene rings is 2. The van der Waals surface area contributed by atoms with Crippen LogP contribution in [0.25, 0.3) is 10.1 Å². The zero-order valence-corrected chi connectivity index (χ0v) is 15.5. The Morgan fingerprint density at radius 1 is 1.08 bits per heavy atom. The molecule has 1 heterocycles. The van der Waals surface area contributed by atoms with E-state index in [0.717, 1.165) is 15.6 Å². The van der Waals surface area contributed by atoms with Gasteiger partial charge >= 0.3 is 5.97 Å². The number of carbonyl (C=O) groups is 2. The number of esters is 1. The number of carbonyl (C=O) groups excluding carboxylic acids is 2. The average Bonchev–Trinajstić information content (AvgIpc) is 2.93. The van der Waals surface area contributed by atoms with Crippen molar-refractivity contribution in [3.63, 3.8) is 0 Å². The van der Waals surface area contributed by atoms with Crippen LogP contribution in [-0.4, -0.2) is 18.5 Å². The van der Waals surface area contributed by atoms with Crippen LogP contribution in [0, 0.1) is 6.92 Å². The summed E-state index contributed by atoms with van der Waals surface area (Å²) >= 11 is 13.3. The highest BCUT2D eigenvalue weighted by atomic mass is 35.5. The molecular formula is C18H13Cl2NO3S. The standard InChI is InChI=1S/C18H13Cl2NO3S/c1-10-11-5-2-3-8-14(11)25-17(10)18(23)24-9-15(22)21-16-12(19)6-4-7-13(16)20/h2-8H,9H2,1H3,(H,21,22). The van der Waals surface area contributed by atoms with E-state index in [-0.39, 0.29) is 0 Å². The van der Waals surface area contributed by atoms with Crippen molar-refractivity contribution in [2.45, 2.75) is 6.92 Å². The lowest BCUT2D eigenvalue weighted by molar-refractivity contribution is -0.119. The van der Waals surface area contributed by atoms with Gasteiger partial charge < -0.3 is 10.1 Å². The predicted octanol–water partition coefficient (Wildman–Crippen LogP) is 5.31. The summed E-state index contributed by atoms with van der Waals surface area (Å²) in [7, 11) is 0. The van der Waals surface area contributed by atoms with Crippen LogP contribution < -0.4 is 5.32 Å². The monoisotopic (exact) mass is 393 g/mol. The molecule has 1 N–H and O–H groups in total. The zero-order valence-electron chi connectivity index (χ0n) is 13.1. The van der Waals surface area contributed by atoms with Crippen molar-refractivity contribution in [3.8, 4) is 0 Å². The van der Waals surface area contributed by atoms with Crippen LogP contribution in [0.4, 0.5) is 5.69 Å². The summed E-state index contributed by atoms with van der Waals surface area (Å²) in [6.45, 7) is 1.44. The van der Waals surface area contributed by atoms with Crippen LogP contribution in [0.15, 0.2) is 42.5 Å². The van der Waals surface area contributed by atoms with Crippen molar-refractivity contribution in [1.29, 1.82) is 0 Å². The molecule has 0 saturated heterocycles. The van der Waals surface area contributed by atoms with E-state index in [1.807, 2.05) is 31.2 Å². The van der Waals surface area contributed by atoms with E-state index in [1.165, 1.54) is 11.3 Å². The van der Waals surface area contributed by atoms with Gasteiger partial charge in [-0.3, -0.25) is 4.79 Å². The van der Waals surface area contributed by atoms with Crippen LogP contribution in [0.2, 0.25) is 10.0 Å². The summed E-state index contributed by atoms with van der Waals surface area (Å²) in [5.41, 5.74) is 1.14. The maximum absolute atomic E-state index is 12.3. The molecule has 0 aliphatic carbocycles. The van der Waals surface area contributed by atoms with Gasteiger partial charge in [0.05, 0.1) is 15.7 Å². The zero-order chi connectivity index (χ0) is 18.0. The lowest BCUT2D eigenvalue weighted by atomic mass is 10.1. The summed E-state index contributed by atoms with van der Waals surface area (Å²) in [5, 5.41) is 4.18. The number of amides is 1. The molecule has 0 fully saturated rings. The van der Waals surface area contributed by atoms with Gasteiger partial charge in [-0.05, 0) is 36.1 Å². The summed E-state index contributed by atoms with van der Waals surface area (Å²) in [6, 6.07) is 12.6. The largest absolute Gasteiger partial charge is 0.451 e. The smallest absolute Gasteiger partial charge is 0.349 e. The van der Waals surface area contributed by atoms with Crippen molar-refractivity contribution in [3.05, 3.63) is 63.0 Å². The van der Waals surface area contributed by atoms with Gasteiger partial charge in [0.2, 0.25) is 0 Å². The third-order valence-corrected chi connectivity index (χ3v) is 5.47. The molecule has 0 aliphatic heterocycles. The summed E-state index contributed by atoms with van der Waals surface area (Å²) in [5.74, 6) is -1.04. The van der Waals surface area contributed by atoms with Gasteiger partial charge in [0.15, 0.2) is 6.61 Å². The molecular weight excluding hydrogens is 381 g/mol. The van der Waals surface area contributed by atoms with Crippen LogP contribution in [-0.2, 0) is 9.53 Å². The maximum Gasteiger partial charge on any atom is 0.349 e. The van der Waals surface area contributed by atoms with Crippen LogP contribution in [0.3, 0.4) is 0 Å². The van der Waals surface area contributed by atoms with Crippen molar-refractivity contribution in [2.75, 3.05) is 11.9 Å². The van der Waals surface area contributed by atoms with Gasteiger partial charge in [0.25, 0.3) is 5.91 Å². The fraction of sp³-hybridized carbons (Fsp3) is 0.111. The summed E-state index contributed by atoms with van der Waals surface area (Å²) in [4.78, 5) is 24.8. The highest BCUT2D eigenvalue weighted by Gasteiger charge is 2.18. The van der Waals surface area contributed by atoms with E-state index < -0.39 is 18.5 Å². The Morgan fingerprint density at radius 3 is 2.44 bits per heavy atom. The number of rotatable bonds is 4. The molecule has 0 saturated carbocycles. The fourth-order valence-corrected chi connectivity index (χ4v) is 3.95. The van der Waals surface area contributed by atoms with Gasteiger partial charge in [-0.2, -0.15) is 0 Å². The molecule has 3 aromatic rings. The third kappa shape index (κ3) is 3.79. The van der Waals surface area contributed by atoms with Crippen LogP contribution >= 0.6 is 34.5 Å². The Labute approximate surface area is 158 Å². The van der Waals surface area contributed by atoms with Crippen molar-refractivity contribution >= 4 is 62.2 Å². The normalized spacial score (nSPS) is 10.7. The number of aryl methyl sites for hydroxylation is 1. The Balaban J connectivity index is 1.67. The molecule has 128 valence electrons. The Bertz CT molecular complexity index is 948. The first-order valence-corrected chi connectivity index (χ1v) is 8.93. The molecule has 2 aromatic carbocycles. The molecule has 1 amide bonds. The SMILES string of the molecule is Cc1c(C(=O)OCC(=O)Nc2c(Cl)cccc2Cl)sc2ccccc12. The number of halogens is 2. The molecule has 0 radical (unpaired) electrons. The first kappa shape index (κ1) is 17.7. The minimum absolute atomic E-state index is 0.296. The van der Waals surface area contributed by atoms with Crippen molar-refractivity contribution < 1.29 is 14.3 Å². The molecule has 7 heteroatoms. The minimum atomic E-state index is -0.529. The summed E-state index contributed by atoms with van der Waals surface area (Å²) in [6.07, 6.45) is 0. The van der Waals surface area contributed by atoms with E-state index in [9.17, 15) is 9.59 Å². The van der Waals surface area contributed by atoms with Gasteiger partial charge in [-0.1, -0.05) is 47.5 Å². The second kappa shape index (κ2) is 7.44. The van der Waals surface area contributed by atoms with Crippen LogP contribution in [0.1, 0.15) is 15.2 Å². The third-order valence-electron chi connectivity index (χ3n) is 3.59. The maximum atomic E-state index is 12.3. The van der Waals surface area contributed by atoms with Crippen molar-refractivity contribution in [1.82, 2.24) is 0 Å². The number of hydrogen-bond donors (Lipinski definition) is 1. The number of anilines is 1. The van der Waals surface area contributed by atoms with E-state index in [1.54, 1.807) is 18.2 Å². The first-order valence-electron chi connectivity index (χ1n) is 7.36. The van der Waals surface area contributed by atoms with Gasteiger partial charge in [-0.15, -0.1) is 11.3 Å². The predicted molar refractivity (Wildman–Crippen MR) is 102 cm³/mol. The molecule has 0 unspecified atom stereocenters. The van der Waals surface area contributed by atoms with Gasteiger partial charge in [0.1, 0.15) is 4.88 Å².